The summed E-state index contributed by atoms with van der Waals surface area (Å²) in [5.41, 5.74) is 1.50. The average molecular weight is 345 g/mol. The number of nitrogens with zero attached hydrogens (tertiary/aromatic N) is 2. The molecule has 0 unspecified atom stereocenters. The van der Waals surface area contributed by atoms with Crippen LogP contribution < -0.4 is 0 Å². The lowest BCUT2D eigenvalue weighted by Gasteiger charge is -2.38. The van der Waals surface area contributed by atoms with E-state index in [2.05, 4.69) is 9.88 Å². The van der Waals surface area contributed by atoms with Crippen molar-refractivity contribution in [3.05, 3.63) is 41.0 Å². The van der Waals surface area contributed by atoms with Crippen molar-refractivity contribution < 1.29 is 9.90 Å². The van der Waals surface area contributed by atoms with Crippen LogP contribution in [0.25, 0.3) is 10.9 Å². The number of hydrogen-bond donors (Lipinski definition) is 1. The van der Waals surface area contributed by atoms with E-state index in [4.69, 9.17) is 11.6 Å². The summed E-state index contributed by atoms with van der Waals surface area (Å²) in [6.45, 7) is 1.58. The van der Waals surface area contributed by atoms with Crippen molar-refractivity contribution in [3.63, 3.8) is 0 Å². The molecule has 2 aliphatic rings. The topological polar surface area (TPSA) is 53.4 Å². The summed E-state index contributed by atoms with van der Waals surface area (Å²) < 4.78 is 0. The predicted octanol–water partition coefficient (Wildman–Crippen LogP) is 4.11. The maximum Gasteiger partial charge on any atom is 0.311 e. The van der Waals surface area contributed by atoms with Gasteiger partial charge in [0, 0.05) is 29.2 Å². The first-order chi connectivity index (χ1) is 11.6. The van der Waals surface area contributed by atoms with Crippen molar-refractivity contribution in [2.45, 2.75) is 44.7 Å². The van der Waals surface area contributed by atoms with Crippen LogP contribution in [0, 0.1) is 5.41 Å². The molecule has 0 amide bonds. The largest absolute Gasteiger partial charge is 0.481 e. The number of aromatic nitrogens is 1. The van der Waals surface area contributed by atoms with Crippen LogP contribution in [0.1, 0.15) is 37.7 Å². The summed E-state index contributed by atoms with van der Waals surface area (Å²) in [7, 11) is 0. The first-order valence-corrected chi connectivity index (χ1v) is 8.99. The number of hydrogen-bond acceptors (Lipinski definition) is 3. The Morgan fingerprint density at radius 3 is 3.04 bits per heavy atom. The molecule has 2 fully saturated rings. The van der Waals surface area contributed by atoms with Gasteiger partial charge in [-0.15, -0.1) is 0 Å². The zero-order valence-corrected chi connectivity index (χ0v) is 14.3. The molecule has 1 aromatic heterocycles. The summed E-state index contributed by atoms with van der Waals surface area (Å²) >= 11 is 6.29. The Bertz CT molecular complexity index is 794. The quantitative estimate of drug-likeness (QED) is 0.910. The summed E-state index contributed by atoms with van der Waals surface area (Å²) in [5, 5.41) is 11.5. The van der Waals surface area contributed by atoms with Gasteiger partial charge in [-0.25, -0.2) is 0 Å². The standard InChI is InChI=1S/C19H21ClN2O2/c20-15-7-6-13(17-14(15)4-3-10-21-17)12-22-11-9-19(18(23)24)8-2-1-5-16(19)22/h3-4,6-7,10,16H,1-2,5,8-9,11-12H2,(H,23,24)/t16-,19+/m0/s1. The minimum absolute atomic E-state index is 0.137. The lowest BCUT2D eigenvalue weighted by Crippen LogP contribution is -2.46. The molecule has 2 aromatic rings. The zero-order valence-electron chi connectivity index (χ0n) is 13.5. The van der Waals surface area contributed by atoms with Crippen molar-refractivity contribution in [2.24, 2.45) is 5.41 Å². The molecule has 1 aromatic carbocycles. The van der Waals surface area contributed by atoms with Crippen molar-refractivity contribution in [3.8, 4) is 0 Å². The molecule has 0 radical (unpaired) electrons. The Labute approximate surface area is 146 Å². The van der Waals surface area contributed by atoms with Gasteiger partial charge >= 0.3 is 5.97 Å². The van der Waals surface area contributed by atoms with Gasteiger partial charge in [-0.3, -0.25) is 14.7 Å². The minimum Gasteiger partial charge on any atom is -0.481 e. The van der Waals surface area contributed by atoms with E-state index in [-0.39, 0.29) is 6.04 Å². The summed E-state index contributed by atoms with van der Waals surface area (Å²) in [5.74, 6) is -0.617. The number of likely N-dealkylation sites (tertiary alicyclic amines) is 1. The molecule has 4 nitrogen and oxygen atoms in total. The first kappa shape index (κ1) is 15.9. The van der Waals surface area contributed by atoms with Gasteiger partial charge in [0.15, 0.2) is 0 Å². The Hall–Kier alpha value is -1.65. The molecule has 24 heavy (non-hydrogen) atoms. The monoisotopic (exact) mass is 344 g/mol. The lowest BCUT2D eigenvalue weighted by atomic mass is 9.70. The van der Waals surface area contributed by atoms with Crippen LogP contribution >= 0.6 is 11.6 Å². The SMILES string of the molecule is O=C(O)[C@@]12CCCC[C@@H]1N(Cc1ccc(Cl)c3cccnc13)CC2. The highest BCUT2D eigenvalue weighted by Gasteiger charge is 2.53. The van der Waals surface area contributed by atoms with Crippen LogP contribution in [-0.2, 0) is 11.3 Å². The molecule has 1 saturated heterocycles. The van der Waals surface area contributed by atoms with Gasteiger partial charge in [0.05, 0.1) is 10.9 Å². The number of benzene rings is 1. The lowest BCUT2D eigenvalue weighted by molar-refractivity contribution is -0.152. The van der Waals surface area contributed by atoms with Gasteiger partial charge in [-0.2, -0.15) is 0 Å². The van der Waals surface area contributed by atoms with Gasteiger partial charge < -0.3 is 5.11 Å². The molecule has 2 heterocycles. The third-order valence-electron chi connectivity index (χ3n) is 5.87. The molecular weight excluding hydrogens is 324 g/mol. The Kier molecular flexibility index (Phi) is 3.97. The normalized spacial score (nSPS) is 27.3. The molecule has 0 spiro atoms. The Morgan fingerprint density at radius 1 is 1.33 bits per heavy atom. The van der Waals surface area contributed by atoms with E-state index < -0.39 is 11.4 Å². The van der Waals surface area contributed by atoms with Crippen LogP contribution in [0.15, 0.2) is 30.5 Å². The van der Waals surface area contributed by atoms with Crippen LogP contribution in [0.4, 0.5) is 0 Å². The van der Waals surface area contributed by atoms with Gasteiger partial charge in [-0.1, -0.05) is 30.5 Å². The third-order valence-corrected chi connectivity index (χ3v) is 6.20. The van der Waals surface area contributed by atoms with Gasteiger partial charge in [-0.05, 0) is 49.6 Å². The first-order valence-electron chi connectivity index (χ1n) is 8.61. The van der Waals surface area contributed by atoms with Crippen LogP contribution in [0.3, 0.4) is 0 Å². The summed E-state index contributed by atoms with van der Waals surface area (Å²) in [6.07, 6.45) is 6.48. The van der Waals surface area contributed by atoms with Gasteiger partial charge in [0.1, 0.15) is 0 Å². The number of aliphatic carboxylic acids is 1. The van der Waals surface area contributed by atoms with E-state index in [1.807, 2.05) is 24.3 Å². The second-order valence-corrected chi connectivity index (χ2v) is 7.46. The van der Waals surface area contributed by atoms with E-state index in [0.717, 1.165) is 61.7 Å². The van der Waals surface area contributed by atoms with Crippen molar-refractivity contribution in [1.82, 2.24) is 9.88 Å². The van der Waals surface area contributed by atoms with Crippen molar-refractivity contribution in [2.75, 3.05) is 6.54 Å². The summed E-state index contributed by atoms with van der Waals surface area (Å²) in [4.78, 5) is 18.8. The van der Waals surface area contributed by atoms with E-state index in [0.29, 0.717) is 5.02 Å². The molecule has 1 aliphatic carbocycles. The third kappa shape index (κ3) is 2.40. The number of carbonyl (C=O) groups is 1. The van der Waals surface area contributed by atoms with E-state index in [1.165, 1.54) is 0 Å². The number of pyridine rings is 1. The molecule has 0 bridgehead atoms. The van der Waals surface area contributed by atoms with E-state index >= 15 is 0 Å². The minimum atomic E-state index is -0.617. The van der Waals surface area contributed by atoms with Crippen LogP contribution in [-0.4, -0.2) is 33.5 Å². The Balaban J connectivity index is 1.67. The van der Waals surface area contributed by atoms with Crippen molar-refractivity contribution in [1.29, 1.82) is 0 Å². The fourth-order valence-corrected chi connectivity index (χ4v) is 4.85. The van der Waals surface area contributed by atoms with Gasteiger partial charge in [0.25, 0.3) is 0 Å². The number of carboxylic acids is 1. The maximum absolute atomic E-state index is 12.0. The number of carboxylic acid groups (broad SMARTS) is 1. The highest BCUT2D eigenvalue weighted by atomic mass is 35.5. The molecular formula is C19H21ClN2O2. The highest BCUT2D eigenvalue weighted by molar-refractivity contribution is 6.35. The molecule has 4 rings (SSSR count). The number of fused-ring (bicyclic) bond motifs is 2. The zero-order chi connectivity index (χ0) is 16.7. The van der Waals surface area contributed by atoms with Crippen LogP contribution in [0.2, 0.25) is 5.02 Å². The fourth-order valence-electron chi connectivity index (χ4n) is 4.63. The predicted molar refractivity (Wildman–Crippen MR) is 94.1 cm³/mol. The molecule has 1 aliphatic heterocycles. The molecule has 2 atom stereocenters. The highest BCUT2D eigenvalue weighted by Crippen LogP contribution is 2.47. The molecule has 1 saturated carbocycles. The summed E-state index contributed by atoms with van der Waals surface area (Å²) in [6, 6.07) is 7.96. The van der Waals surface area contributed by atoms with E-state index in [9.17, 15) is 9.90 Å². The second kappa shape index (κ2) is 6.01. The van der Waals surface area contributed by atoms with Crippen molar-refractivity contribution >= 4 is 28.5 Å². The van der Waals surface area contributed by atoms with E-state index in [1.54, 1.807) is 6.20 Å². The average Bonchev–Trinajstić information content (AvgIpc) is 2.98. The smallest absolute Gasteiger partial charge is 0.311 e. The second-order valence-electron chi connectivity index (χ2n) is 7.05. The maximum atomic E-state index is 12.0. The Morgan fingerprint density at radius 2 is 2.21 bits per heavy atom. The molecule has 1 N–H and O–H groups in total. The number of rotatable bonds is 3. The molecule has 126 valence electrons. The van der Waals surface area contributed by atoms with Gasteiger partial charge in [0.2, 0.25) is 0 Å². The fraction of sp³-hybridized carbons (Fsp3) is 0.474. The van der Waals surface area contributed by atoms with Crippen LogP contribution in [0.5, 0.6) is 0 Å². The number of halogens is 1. The molecule has 5 heteroatoms.